The summed E-state index contributed by atoms with van der Waals surface area (Å²) in [5, 5.41) is 0.748. The van der Waals surface area contributed by atoms with E-state index < -0.39 is 6.09 Å². The zero-order valence-electron chi connectivity index (χ0n) is 9.08. The molecule has 16 heavy (non-hydrogen) atoms. The Labute approximate surface area is 104 Å². The van der Waals surface area contributed by atoms with Crippen molar-refractivity contribution in [3.63, 3.8) is 0 Å². The van der Waals surface area contributed by atoms with Gasteiger partial charge in [0.15, 0.2) is 5.75 Å². The Balaban J connectivity index is 3.25. The summed E-state index contributed by atoms with van der Waals surface area (Å²) in [6, 6.07) is 3.11. The van der Waals surface area contributed by atoms with Crippen LogP contribution in [0.4, 0.5) is 10.5 Å². The summed E-state index contributed by atoms with van der Waals surface area (Å²) in [5.74, 6) is 0.374. The molecule has 6 heteroatoms. The highest BCUT2D eigenvalue weighted by Gasteiger charge is 2.18. The maximum absolute atomic E-state index is 11.4. The number of amides is 1. The Morgan fingerprint density at radius 1 is 1.31 bits per heavy atom. The molecule has 0 aliphatic carbocycles. The molecule has 1 amide bonds. The lowest BCUT2D eigenvalue weighted by Crippen LogP contribution is -2.26. The van der Waals surface area contributed by atoms with Crippen LogP contribution in [0, 0.1) is 0 Å². The number of anilines is 1. The largest absolute Gasteiger partial charge is 0.493 e. The average Bonchev–Trinajstić information content (AvgIpc) is 2.26. The summed E-state index contributed by atoms with van der Waals surface area (Å²) < 4.78 is 9.70. The lowest BCUT2D eigenvalue weighted by molar-refractivity contribution is 0.180. The van der Waals surface area contributed by atoms with Crippen LogP contribution < -0.4 is 9.64 Å². The Hall–Kier alpha value is -1.13. The van der Waals surface area contributed by atoms with E-state index in [4.69, 9.17) is 27.9 Å². The van der Waals surface area contributed by atoms with Crippen LogP contribution in [0.25, 0.3) is 0 Å². The van der Waals surface area contributed by atoms with Crippen molar-refractivity contribution in [2.75, 3.05) is 26.2 Å². The van der Waals surface area contributed by atoms with E-state index in [9.17, 15) is 4.79 Å². The van der Waals surface area contributed by atoms with Gasteiger partial charge in [-0.2, -0.15) is 0 Å². The molecule has 0 N–H and O–H groups in total. The Morgan fingerprint density at radius 3 is 2.44 bits per heavy atom. The quantitative estimate of drug-likeness (QED) is 0.823. The number of carbonyl (C=O) groups excluding carboxylic acids is 1. The fraction of sp³-hybridized carbons (Fsp3) is 0.300. The van der Waals surface area contributed by atoms with Crippen molar-refractivity contribution < 1.29 is 14.3 Å². The van der Waals surface area contributed by atoms with Gasteiger partial charge >= 0.3 is 6.09 Å². The van der Waals surface area contributed by atoms with E-state index >= 15 is 0 Å². The van der Waals surface area contributed by atoms with Crippen LogP contribution in [0.1, 0.15) is 0 Å². The molecule has 1 aromatic rings. The van der Waals surface area contributed by atoms with Crippen molar-refractivity contribution in [1.29, 1.82) is 0 Å². The molecule has 0 bridgehead atoms. The van der Waals surface area contributed by atoms with Gasteiger partial charge in [0.05, 0.1) is 24.9 Å². The van der Waals surface area contributed by atoms with Crippen molar-refractivity contribution in [1.82, 2.24) is 0 Å². The Kier molecular flexibility index (Phi) is 4.26. The Bertz CT molecular complexity index is 409. The summed E-state index contributed by atoms with van der Waals surface area (Å²) in [6.07, 6.45) is -0.531. The summed E-state index contributed by atoms with van der Waals surface area (Å²) in [4.78, 5) is 12.6. The highest BCUT2D eigenvalue weighted by molar-refractivity contribution is 6.36. The molecule has 4 nitrogen and oxygen atoms in total. The first-order valence-electron chi connectivity index (χ1n) is 4.36. The molecule has 0 aliphatic heterocycles. The van der Waals surface area contributed by atoms with Crippen molar-refractivity contribution in [2.45, 2.75) is 0 Å². The zero-order valence-corrected chi connectivity index (χ0v) is 10.6. The predicted molar refractivity (Wildman–Crippen MR) is 63.8 cm³/mol. The van der Waals surface area contributed by atoms with Gasteiger partial charge in [0.25, 0.3) is 0 Å². The number of benzene rings is 1. The lowest BCUT2D eigenvalue weighted by Gasteiger charge is -2.19. The number of halogens is 2. The summed E-state index contributed by atoms with van der Waals surface area (Å²) in [5.41, 5.74) is 0.451. The van der Waals surface area contributed by atoms with Crippen LogP contribution >= 0.6 is 23.2 Å². The predicted octanol–water partition coefficient (Wildman–Crippen LogP) is 3.20. The second-order valence-electron chi connectivity index (χ2n) is 2.97. The summed E-state index contributed by atoms with van der Waals surface area (Å²) in [6.45, 7) is 0. The number of hydrogen-bond acceptors (Lipinski definition) is 3. The first kappa shape index (κ1) is 12.9. The number of carbonyl (C=O) groups is 1. The summed E-state index contributed by atoms with van der Waals surface area (Å²) in [7, 11) is 4.29. The average molecular weight is 264 g/mol. The van der Waals surface area contributed by atoms with Crippen LogP contribution in [0.2, 0.25) is 10.0 Å². The van der Waals surface area contributed by atoms with E-state index in [0.717, 1.165) is 0 Å². The zero-order chi connectivity index (χ0) is 12.3. The second kappa shape index (κ2) is 5.27. The van der Waals surface area contributed by atoms with Crippen LogP contribution in [-0.2, 0) is 4.74 Å². The van der Waals surface area contributed by atoms with Gasteiger partial charge in [-0.1, -0.05) is 23.2 Å². The molecule has 0 fully saturated rings. The molecule has 0 aromatic heterocycles. The second-order valence-corrected chi connectivity index (χ2v) is 3.81. The normalized spacial score (nSPS) is 9.81. The van der Waals surface area contributed by atoms with Gasteiger partial charge in [-0.3, -0.25) is 4.90 Å². The third-order valence-corrected chi connectivity index (χ3v) is 2.50. The number of methoxy groups -OCH3 is 2. The molecule has 0 unspecified atom stereocenters. The van der Waals surface area contributed by atoms with Crippen LogP contribution in [0.15, 0.2) is 12.1 Å². The molecule has 0 saturated heterocycles. The third kappa shape index (κ3) is 2.51. The van der Waals surface area contributed by atoms with Crippen LogP contribution in [-0.4, -0.2) is 27.4 Å². The summed E-state index contributed by atoms with van der Waals surface area (Å²) >= 11 is 11.8. The molecule has 88 valence electrons. The topological polar surface area (TPSA) is 38.8 Å². The van der Waals surface area contributed by atoms with Gasteiger partial charge < -0.3 is 9.47 Å². The number of rotatable bonds is 2. The van der Waals surface area contributed by atoms with Crippen molar-refractivity contribution in [2.24, 2.45) is 0 Å². The first-order chi connectivity index (χ1) is 7.51. The monoisotopic (exact) mass is 263 g/mol. The van der Waals surface area contributed by atoms with E-state index in [1.165, 1.54) is 32.2 Å². The molecule has 0 aliphatic rings. The third-order valence-electron chi connectivity index (χ3n) is 2.00. The van der Waals surface area contributed by atoms with Crippen LogP contribution in [0.3, 0.4) is 0 Å². The minimum absolute atomic E-state index is 0.334. The van der Waals surface area contributed by atoms with Gasteiger partial charge in [0.2, 0.25) is 0 Å². The minimum Gasteiger partial charge on any atom is -0.493 e. The van der Waals surface area contributed by atoms with E-state index in [2.05, 4.69) is 4.74 Å². The van der Waals surface area contributed by atoms with Crippen LogP contribution in [0.5, 0.6) is 5.75 Å². The van der Waals surface area contributed by atoms with Gasteiger partial charge in [-0.05, 0) is 12.1 Å². The number of hydrogen-bond donors (Lipinski definition) is 0. The molecule has 1 aromatic carbocycles. The van der Waals surface area contributed by atoms with E-state index in [0.29, 0.717) is 21.5 Å². The van der Waals surface area contributed by atoms with E-state index in [1.54, 1.807) is 6.07 Å². The molecular weight excluding hydrogens is 253 g/mol. The fourth-order valence-electron chi connectivity index (χ4n) is 1.23. The molecule has 0 atom stereocenters. The highest BCUT2D eigenvalue weighted by atomic mass is 35.5. The fourth-order valence-corrected chi connectivity index (χ4v) is 1.79. The van der Waals surface area contributed by atoms with Gasteiger partial charge in [-0.15, -0.1) is 0 Å². The molecule has 0 spiro atoms. The lowest BCUT2D eigenvalue weighted by atomic mass is 10.2. The van der Waals surface area contributed by atoms with Crippen molar-refractivity contribution >= 4 is 35.0 Å². The molecular formula is C10H11Cl2NO3. The molecule has 0 radical (unpaired) electrons. The first-order valence-corrected chi connectivity index (χ1v) is 5.11. The smallest absolute Gasteiger partial charge is 0.413 e. The maximum atomic E-state index is 11.4. The number of nitrogens with zero attached hydrogens (tertiary/aromatic N) is 1. The minimum atomic E-state index is -0.531. The molecule has 0 saturated carbocycles. The highest BCUT2D eigenvalue weighted by Crippen LogP contribution is 2.38. The standard InChI is InChI=1S/C10H11Cl2NO3/c1-13(10(14)16-3)8-5-6(11)4-7(12)9(8)15-2/h4-5H,1-3H3. The molecule has 1 rings (SSSR count). The maximum Gasteiger partial charge on any atom is 0.413 e. The van der Waals surface area contributed by atoms with E-state index in [1.807, 2.05) is 0 Å². The van der Waals surface area contributed by atoms with Gasteiger partial charge in [-0.25, -0.2) is 4.79 Å². The van der Waals surface area contributed by atoms with Crippen molar-refractivity contribution in [3.05, 3.63) is 22.2 Å². The Morgan fingerprint density at radius 2 is 1.94 bits per heavy atom. The SMILES string of the molecule is COC(=O)N(C)c1cc(Cl)cc(Cl)c1OC. The number of ether oxygens (including phenoxy) is 2. The van der Waals surface area contributed by atoms with Gasteiger partial charge in [0, 0.05) is 12.1 Å². The molecule has 0 heterocycles. The van der Waals surface area contributed by atoms with Gasteiger partial charge in [0.1, 0.15) is 0 Å². The van der Waals surface area contributed by atoms with Crippen molar-refractivity contribution in [3.8, 4) is 5.75 Å². The van der Waals surface area contributed by atoms with E-state index in [-0.39, 0.29) is 0 Å².